The van der Waals surface area contributed by atoms with Gasteiger partial charge in [0.25, 0.3) is 5.56 Å². The SMILES string of the molecule is CN(C)CCOc1ccc(NCc2cc(-c3ccccc3)c[nH]c2=O)cc1. The number of nitrogens with one attached hydrogen (secondary N) is 2. The van der Waals surface area contributed by atoms with E-state index in [4.69, 9.17) is 4.74 Å². The van der Waals surface area contributed by atoms with Crippen molar-refractivity contribution in [2.75, 3.05) is 32.6 Å². The van der Waals surface area contributed by atoms with Gasteiger partial charge in [-0.05, 0) is 55.6 Å². The van der Waals surface area contributed by atoms with Crippen LogP contribution in [0.25, 0.3) is 11.1 Å². The molecule has 3 rings (SSSR count). The molecule has 2 aromatic carbocycles. The molecule has 0 amide bonds. The fourth-order valence-corrected chi connectivity index (χ4v) is 2.67. The minimum Gasteiger partial charge on any atom is -0.492 e. The van der Waals surface area contributed by atoms with Gasteiger partial charge in [0.2, 0.25) is 0 Å². The highest BCUT2D eigenvalue weighted by Gasteiger charge is 2.04. The van der Waals surface area contributed by atoms with Crippen molar-refractivity contribution in [1.82, 2.24) is 9.88 Å². The Labute approximate surface area is 159 Å². The molecule has 27 heavy (non-hydrogen) atoms. The van der Waals surface area contributed by atoms with Crippen LogP contribution in [-0.2, 0) is 6.54 Å². The number of pyridine rings is 1. The van der Waals surface area contributed by atoms with Crippen LogP contribution in [-0.4, -0.2) is 37.1 Å². The lowest BCUT2D eigenvalue weighted by molar-refractivity contribution is 0.261. The number of benzene rings is 2. The van der Waals surface area contributed by atoms with Gasteiger partial charge < -0.3 is 19.9 Å². The molecule has 0 unspecified atom stereocenters. The van der Waals surface area contributed by atoms with Crippen molar-refractivity contribution in [3.8, 4) is 16.9 Å². The molecule has 0 saturated carbocycles. The van der Waals surface area contributed by atoms with Crippen LogP contribution in [0, 0.1) is 0 Å². The molecule has 140 valence electrons. The first-order chi connectivity index (χ1) is 13.1. The molecule has 1 aromatic heterocycles. The van der Waals surface area contributed by atoms with E-state index in [-0.39, 0.29) is 5.56 Å². The fourth-order valence-electron chi connectivity index (χ4n) is 2.67. The van der Waals surface area contributed by atoms with E-state index >= 15 is 0 Å². The highest BCUT2D eigenvalue weighted by molar-refractivity contribution is 5.63. The molecule has 0 atom stereocenters. The third-order valence-electron chi connectivity index (χ3n) is 4.23. The van der Waals surface area contributed by atoms with Gasteiger partial charge in [-0.25, -0.2) is 0 Å². The third kappa shape index (κ3) is 5.46. The lowest BCUT2D eigenvalue weighted by Gasteiger charge is -2.12. The van der Waals surface area contributed by atoms with Gasteiger partial charge in [0.15, 0.2) is 0 Å². The molecule has 0 fully saturated rings. The molecule has 2 N–H and O–H groups in total. The van der Waals surface area contributed by atoms with E-state index < -0.39 is 0 Å². The summed E-state index contributed by atoms with van der Waals surface area (Å²) in [6.07, 6.45) is 1.75. The highest BCUT2D eigenvalue weighted by atomic mass is 16.5. The molecule has 0 aliphatic heterocycles. The standard InChI is InChI=1S/C22H25N3O2/c1-25(2)12-13-27-21-10-8-20(9-11-21)23-16-19-14-18(15-24-22(19)26)17-6-4-3-5-7-17/h3-11,14-15,23H,12-13,16H2,1-2H3,(H,24,26). The Morgan fingerprint density at radius 1 is 1.00 bits per heavy atom. The predicted molar refractivity (Wildman–Crippen MR) is 110 cm³/mol. The second kappa shape index (κ2) is 9.05. The topological polar surface area (TPSA) is 57.4 Å². The van der Waals surface area contributed by atoms with E-state index in [0.29, 0.717) is 18.7 Å². The van der Waals surface area contributed by atoms with Crippen molar-refractivity contribution in [2.24, 2.45) is 0 Å². The summed E-state index contributed by atoms with van der Waals surface area (Å²) in [6.45, 7) is 1.98. The maximum Gasteiger partial charge on any atom is 0.252 e. The first-order valence-electron chi connectivity index (χ1n) is 9.00. The van der Waals surface area contributed by atoms with Crippen molar-refractivity contribution in [2.45, 2.75) is 6.54 Å². The predicted octanol–water partition coefficient (Wildman–Crippen LogP) is 3.59. The van der Waals surface area contributed by atoms with Crippen molar-refractivity contribution in [1.29, 1.82) is 0 Å². The summed E-state index contributed by atoms with van der Waals surface area (Å²) in [5.41, 5.74) is 3.64. The van der Waals surface area contributed by atoms with Crippen LogP contribution >= 0.6 is 0 Å². The maximum absolute atomic E-state index is 12.1. The molecule has 0 saturated heterocycles. The van der Waals surface area contributed by atoms with Crippen LogP contribution in [0.15, 0.2) is 71.7 Å². The van der Waals surface area contributed by atoms with Crippen LogP contribution in [0.4, 0.5) is 5.69 Å². The molecule has 0 radical (unpaired) electrons. The van der Waals surface area contributed by atoms with Gasteiger partial charge >= 0.3 is 0 Å². The van der Waals surface area contributed by atoms with E-state index in [1.807, 2.05) is 74.8 Å². The monoisotopic (exact) mass is 363 g/mol. The second-order valence-electron chi connectivity index (χ2n) is 6.64. The van der Waals surface area contributed by atoms with Crippen molar-refractivity contribution in [3.05, 3.63) is 82.8 Å². The third-order valence-corrected chi connectivity index (χ3v) is 4.23. The number of hydrogen-bond donors (Lipinski definition) is 2. The summed E-state index contributed by atoms with van der Waals surface area (Å²) in [7, 11) is 4.04. The molecule has 0 aliphatic rings. The van der Waals surface area contributed by atoms with Gasteiger partial charge in [-0.2, -0.15) is 0 Å². The Hall–Kier alpha value is -3.05. The number of nitrogens with zero attached hydrogens (tertiary/aromatic N) is 1. The van der Waals surface area contributed by atoms with E-state index in [1.165, 1.54) is 0 Å². The number of aromatic nitrogens is 1. The van der Waals surface area contributed by atoms with Gasteiger partial charge in [-0.3, -0.25) is 4.79 Å². The Morgan fingerprint density at radius 2 is 1.74 bits per heavy atom. The minimum absolute atomic E-state index is 0.0779. The lowest BCUT2D eigenvalue weighted by atomic mass is 10.1. The number of H-pyrrole nitrogens is 1. The van der Waals surface area contributed by atoms with Gasteiger partial charge in [-0.15, -0.1) is 0 Å². The molecule has 0 aliphatic carbocycles. The second-order valence-corrected chi connectivity index (χ2v) is 6.64. The molecule has 0 spiro atoms. The summed E-state index contributed by atoms with van der Waals surface area (Å²) >= 11 is 0. The maximum atomic E-state index is 12.1. The Balaban J connectivity index is 1.62. The van der Waals surface area contributed by atoms with Crippen LogP contribution in [0.5, 0.6) is 5.75 Å². The van der Waals surface area contributed by atoms with Crippen LogP contribution in [0.1, 0.15) is 5.56 Å². The summed E-state index contributed by atoms with van der Waals surface area (Å²) < 4.78 is 5.69. The van der Waals surface area contributed by atoms with Crippen LogP contribution < -0.4 is 15.6 Å². The van der Waals surface area contributed by atoms with Gasteiger partial charge in [0.1, 0.15) is 12.4 Å². The van der Waals surface area contributed by atoms with E-state index in [1.54, 1.807) is 6.20 Å². The van der Waals surface area contributed by atoms with Gasteiger partial charge in [0.05, 0.1) is 0 Å². The molecule has 5 heteroatoms. The average molecular weight is 363 g/mol. The fraction of sp³-hybridized carbons (Fsp3) is 0.227. The minimum atomic E-state index is -0.0779. The summed E-state index contributed by atoms with van der Waals surface area (Å²) in [5.74, 6) is 0.839. The Kier molecular flexibility index (Phi) is 6.28. The molecular formula is C22H25N3O2. The Bertz CT molecular complexity index is 903. The number of aromatic amines is 1. The summed E-state index contributed by atoms with van der Waals surface area (Å²) in [5, 5.41) is 3.30. The highest BCUT2D eigenvalue weighted by Crippen LogP contribution is 2.19. The average Bonchev–Trinajstić information content (AvgIpc) is 2.69. The van der Waals surface area contributed by atoms with Crippen molar-refractivity contribution >= 4 is 5.69 Å². The number of anilines is 1. The normalized spacial score (nSPS) is 10.8. The number of ether oxygens (including phenoxy) is 1. The summed E-state index contributed by atoms with van der Waals surface area (Å²) in [4.78, 5) is 17.0. The number of likely N-dealkylation sites (N-methyl/N-ethyl adjacent to an activating group) is 1. The van der Waals surface area contributed by atoms with Gasteiger partial charge in [-0.1, -0.05) is 30.3 Å². The van der Waals surface area contributed by atoms with Crippen molar-refractivity contribution < 1.29 is 4.74 Å². The van der Waals surface area contributed by atoms with E-state index in [0.717, 1.165) is 29.1 Å². The van der Waals surface area contributed by atoms with Crippen LogP contribution in [0.2, 0.25) is 0 Å². The van der Waals surface area contributed by atoms with Crippen molar-refractivity contribution in [3.63, 3.8) is 0 Å². The zero-order valence-electron chi connectivity index (χ0n) is 15.7. The van der Waals surface area contributed by atoms with Gasteiger partial charge in [0, 0.05) is 30.5 Å². The largest absolute Gasteiger partial charge is 0.492 e. The lowest BCUT2D eigenvalue weighted by Crippen LogP contribution is -2.19. The molecule has 3 aromatic rings. The number of hydrogen-bond acceptors (Lipinski definition) is 4. The summed E-state index contributed by atoms with van der Waals surface area (Å²) in [6, 6.07) is 19.7. The molecule has 5 nitrogen and oxygen atoms in total. The van der Waals surface area contributed by atoms with E-state index in [9.17, 15) is 4.79 Å². The Morgan fingerprint density at radius 3 is 2.44 bits per heavy atom. The zero-order chi connectivity index (χ0) is 19.1. The number of rotatable bonds is 8. The molecule has 0 bridgehead atoms. The zero-order valence-corrected chi connectivity index (χ0v) is 15.7. The molecular weight excluding hydrogens is 338 g/mol. The van der Waals surface area contributed by atoms with E-state index in [2.05, 4.69) is 15.2 Å². The van der Waals surface area contributed by atoms with Crippen LogP contribution in [0.3, 0.4) is 0 Å². The quantitative estimate of drug-likeness (QED) is 0.642. The smallest absolute Gasteiger partial charge is 0.252 e. The first-order valence-corrected chi connectivity index (χ1v) is 9.00. The first kappa shape index (κ1) is 18.7. The molecule has 1 heterocycles.